The first kappa shape index (κ1) is 12.6. The minimum absolute atomic E-state index is 0.0380. The van der Waals surface area contributed by atoms with Crippen LogP contribution in [0.3, 0.4) is 0 Å². The molecular formula is C14H10F2N2O2. The highest BCUT2D eigenvalue weighted by Crippen LogP contribution is 2.34. The van der Waals surface area contributed by atoms with E-state index in [1.54, 1.807) is 18.2 Å². The van der Waals surface area contributed by atoms with Gasteiger partial charge in [-0.05, 0) is 6.07 Å². The lowest BCUT2D eigenvalue weighted by Crippen LogP contribution is -2.19. The van der Waals surface area contributed by atoms with Gasteiger partial charge in [0.15, 0.2) is 0 Å². The number of ether oxygens (including phenoxy) is 1. The standard InChI is InChI=1S/C14H10F2N2O2/c15-7-3-8(16)5-10(4-7)20-9-1-2-11-12(6-9)18-14(19)13(11)17/h1-6,13H,17H2,(H,18,19). The molecule has 0 aliphatic carbocycles. The number of nitrogens with one attached hydrogen (secondary N) is 1. The maximum Gasteiger partial charge on any atom is 0.245 e. The Hall–Kier alpha value is -2.47. The van der Waals surface area contributed by atoms with Crippen molar-refractivity contribution < 1.29 is 18.3 Å². The van der Waals surface area contributed by atoms with Gasteiger partial charge in [0.1, 0.15) is 29.2 Å². The summed E-state index contributed by atoms with van der Waals surface area (Å²) in [4.78, 5) is 11.4. The smallest absolute Gasteiger partial charge is 0.245 e. The minimum atomic E-state index is -0.725. The predicted octanol–water partition coefficient (Wildman–Crippen LogP) is 2.71. The average molecular weight is 276 g/mol. The normalized spacial score (nSPS) is 16.8. The highest BCUT2D eigenvalue weighted by molar-refractivity contribution is 6.02. The molecule has 1 heterocycles. The van der Waals surface area contributed by atoms with Crippen LogP contribution in [-0.4, -0.2) is 5.91 Å². The Morgan fingerprint density at radius 2 is 1.75 bits per heavy atom. The largest absolute Gasteiger partial charge is 0.457 e. The number of nitrogens with two attached hydrogens (primary N) is 1. The van der Waals surface area contributed by atoms with E-state index in [0.29, 0.717) is 17.0 Å². The third kappa shape index (κ3) is 2.21. The molecule has 0 aromatic heterocycles. The second-order valence-electron chi connectivity index (χ2n) is 4.42. The van der Waals surface area contributed by atoms with Crippen LogP contribution in [0.1, 0.15) is 11.6 Å². The summed E-state index contributed by atoms with van der Waals surface area (Å²) in [5, 5.41) is 2.60. The fourth-order valence-corrected chi connectivity index (χ4v) is 2.05. The zero-order chi connectivity index (χ0) is 14.3. The van der Waals surface area contributed by atoms with Gasteiger partial charge in [0.05, 0.1) is 0 Å². The quantitative estimate of drug-likeness (QED) is 0.886. The Labute approximate surface area is 113 Å². The first-order valence-electron chi connectivity index (χ1n) is 5.87. The number of hydrogen-bond donors (Lipinski definition) is 2. The third-order valence-electron chi connectivity index (χ3n) is 2.97. The predicted molar refractivity (Wildman–Crippen MR) is 68.4 cm³/mol. The molecule has 0 fully saturated rings. The zero-order valence-electron chi connectivity index (χ0n) is 10.2. The summed E-state index contributed by atoms with van der Waals surface area (Å²) >= 11 is 0. The van der Waals surface area contributed by atoms with Crippen LogP contribution < -0.4 is 15.8 Å². The summed E-state index contributed by atoms with van der Waals surface area (Å²) in [7, 11) is 0. The van der Waals surface area contributed by atoms with Crippen molar-refractivity contribution in [2.24, 2.45) is 5.73 Å². The van der Waals surface area contributed by atoms with Gasteiger partial charge in [-0.2, -0.15) is 0 Å². The topological polar surface area (TPSA) is 64.4 Å². The fourth-order valence-electron chi connectivity index (χ4n) is 2.05. The number of halogens is 2. The van der Waals surface area contributed by atoms with E-state index in [1.165, 1.54) is 0 Å². The monoisotopic (exact) mass is 276 g/mol. The number of carbonyl (C=O) groups excluding carboxylic acids is 1. The summed E-state index contributed by atoms with van der Waals surface area (Å²) in [6.45, 7) is 0. The Kier molecular flexibility index (Phi) is 2.87. The van der Waals surface area contributed by atoms with Gasteiger partial charge in [0.25, 0.3) is 0 Å². The Morgan fingerprint density at radius 1 is 1.05 bits per heavy atom. The lowest BCUT2D eigenvalue weighted by atomic mass is 10.1. The molecule has 1 aliphatic heterocycles. The van der Waals surface area contributed by atoms with Crippen molar-refractivity contribution in [3.8, 4) is 11.5 Å². The lowest BCUT2D eigenvalue weighted by molar-refractivity contribution is -0.116. The van der Waals surface area contributed by atoms with E-state index in [-0.39, 0.29) is 11.7 Å². The number of benzene rings is 2. The van der Waals surface area contributed by atoms with Gasteiger partial charge in [-0.3, -0.25) is 4.79 Å². The van der Waals surface area contributed by atoms with Gasteiger partial charge < -0.3 is 15.8 Å². The molecule has 0 saturated heterocycles. The van der Waals surface area contributed by atoms with E-state index >= 15 is 0 Å². The summed E-state index contributed by atoms with van der Waals surface area (Å²) in [6.07, 6.45) is 0. The molecule has 1 aliphatic rings. The van der Waals surface area contributed by atoms with Crippen LogP contribution in [0.15, 0.2) is 36.4 Å². The third-order valence-corrected chi connectivity index (χ3v) is 2.97. The lowest BCUT2D eigenvalue weighted by Gasteiger charge is -2.08. The molecule has 1 amide bonds. The first-order chi connectivity index (χ1) is 9.52. The average Bonchev–Trinajstić information content (AvgIpc) is 2.63. The fraction of sp³-hybridized carbons (Fsp3) is 0.0714. The van der Waals surface area contributed by atoms with Crippen LogP contribution in [0, 0.1) is 11.6 Å². The van der Waals surface area contributed by atoms with Crippen LogP contribution in [0.2, 0.25) is 0 Å². The van der Waals surface area contributed by atoms with Gasteiger partial charge in [-0.25, -0.2) is 8.78 Å². The van der Waals surface area contributed by atoms with Crippen molar-refractivity contribution >= 4 is 11.6 Å². The van der Waals surface area contributed by atoms with Gasteiger partial charge in [-0.1, -0.05) is 6.07 Å². The van der Waals surface area contributed by atoms with Gasteiger partial charge in [-0.15, -0.1) is 0 Å². The number of carbonyl (C=O) groups is 1. The molecule has 0 radical (unpaired) electrons. The van der Waals surface area contributed by atoms with Gasteiger partial charge in [0, 0.05) is 35.5 Å². The number of fused-ring (bicyclic) bond motifs is 1. The number of rotatable bonds is 2. The summed E-state index contributed by atoms with van der Waals surface area (Å²) in [5.74, 6) is -1.36. The molecule has 3 rings (SSSR count). The maximum atomic E-state index is 13.1. The summed E-state index contributed by atoms with van der Waals surface area (Å²) < 4.78 is 31.5. The van der Waals surface area contributed by atoms with Crippen molar-refractivity contribution in [2.45, 2.75) is 6.04 Å². The zero-order valence-corrected chi connectivity index (χ0v) is 10.2. The van der Waals surface area contributed by atoms with Crippen LogP contribution in [0.5, 0.6) is 11.5 Å². The maximum absolute atomic E-state index is 13.1. The molecule has 6 heteroatoms. The Bertz CT molecular complexity index is 683. The SMILES string of the molecule is NC1C(=O)Nc2cc(Oc3cc(F)cc(F)c3)ccc21. The highest BCUT2D eigenvalue weighted by Gasteiger charge is 2.27. The van der Waals surface area contributed by atoms with Crippen molar-refractivity contribution in [3.63, 3.8) is 0 Å². The van der Waals surface area contributed by atoms with E-state index < -0.39 is 17.7 Å². The number of amides is 1. The highest BCUT2D eigenvalue weighted by atomic mass is 19.1. The minimum Gasteiger partial charge on any atom is -0.457 e. The molecule has 4 nitrogen and oxygen atoms in total. The van der Waals surface area contributed by atoms with Crippen LogP contribution in [0.4, 0.5) is 14.5 Å². The van der Waals surface area contributed by atoms with E-state index in [4.69, 9.17) is 10.5 Å². The molecule has 1 unspecified atom stereocenters. The van der Waals surface area contributed by atoms with E-state index in [2.05, 4.69) is 5.32 Å². The second kappa shape index (κ2) is 4.57. The van der Waals surface area contributed by atoms with Crippen LogP contribution in [-0.2, 0) is 4.79 Å². The molecule has 1 atom stereocenters. The molecule has 102 valence electrons. The van der Waals surface area contributed by atoms with Crippen molar-refractivity contribution in [1.82, 2.24) is 0 Å². The van der Waals surface area contributed by atoms with Crippen molar-refractivity contribution in [1.29, 1.82) is 0 Å². The Morgan fingerprint density at radius 3 is 2.45 bits per heavy atom. The molecule has 2 aromatic rings. The van der Waals surface area contributed by atoms with Gasteiger partial charge >= 0.3 is 0 Å². The number of anilines is 1. The molecular weight excluding hydrogens is 266 g/mol. The molecule has 0 bridgehead atoms. The van der Waals surface area contributed by atoms with E-state index in [9.17, 15) is 13.6 Å². The first-order valence-corrected chi connectivity index (χ1v) is 5.87. The van der Waals surface area contributed by atoms with E-state index in [0.717, 1.165) is 18.2 Å². The van der Waals surface area contributed by atoms with Crippen LogP contribution in [0.25, 0.3) is 0 Å². The molecule has 2 aromatic carbocycles. The summed E-state index contributed by atoms with van der Waals surface area (Å²) in [6, 6.07) is 6.98. The second-order valence-corrected chi connectivity index (χ2v) is 4.42. The van der Waals surface area contributed by atoms with Crippen molar-refractivity contribution in [3.05, 3.63) is 53.6 Å². The van der Waals surface area contributed by atoms with Crippen LogP contribution >= 0.6 is 0 Å². The molecule has 0 saturated carbocycles. The van der Waals surface area contributed by atoms with E-state index in [1.807, 2.05) is 0 Å². The van der Waals surface area contributed by atoms with Gasteiger partial charge in [0.2, 0.25) is 5.91 Å². The van der Waals surface area contributed by atoms with Crippen molar-refractivity contribution in [2.75, 3.05) is 5.32 Å². The number of hydrogen-bond acceptors (Lipinski definition) is 3. The molecule has 0 spiro atoms. The Balaban J connectivity index is 1.89. The molecule has 20 heavy (non-hydrogen) atoms. The molecule has 3 N–H and O–H groups in total. The summed E-state index contributed by atoms with van der Waals surface area (Å²) in [5.41, 5.74) is 6.88.